The van der Waals surface area contributed by atoms with Gasteiger partial charge < -0.3 is 24.7 Å². The van der Waals surface area contributed by atoms with Gasteiger partial charge in [-0.25, -0.2) is 18.7 Å². The number of hydrogen-bond donors (Lipinski definition) is 2. The van der Waals surface area contributed by atoms with E-state index < -0.39 is 12.7 Å². The Bertz CT molecular complexity index is 1890. The van der Waals surface area contributed by atoms with Crippen molar-refractivity contribution in [1.29, 1.82) is 0 Å². The zero-order valence-electron chi connectivity index (χ0n) is 28.3. The van der Waals surface area contributed by atoms with Crippen molar-refractivity contribution in [2.24, 2.45) is 12.5 Å². The lowest BCUT2D eigenvalue weighted by Crippen LogP contribution is -2.46. The summed E-state index contributed by atoms with van der Waals surface area (Å²) in [6.07, 6.45) is 10.1. The molecule has 1 aromatic carbocycles. The second kappa shape index (κ2) is 12.7. The molecule has 0 atom stereocenters. The van der Waals surface area contributed by atoms with Crippen LogP contribution in [0.2, 0.25) is 0 Å². The number of aromatic nitrogens is 6. The lowest BCUT2D eigenvalue weighted by Gasteiger charge is -2.50. The first kappa shape index (κ1) is 32.8. The van der Waals surface area contributed by atoms with Crippen LogP contribution in [0.3, 0.4) is 0 Å². The first-order valence-corrected chi connectivity index (χ1v) is 17.5. The quantitative estimate of drug-likeness (QED) is 0.247. The molecule has 0 radical (unpaired) electrons. The minimum absolute atomic E-state index is 0.0168. The number of hydrogen-bond acceptors (Lipinski definition) is 9. The van der Waals surface area contributed by atoms with Gasteiger partial charge in [-0.15, -0.1) is 0 Å². The summed E-state index contributed by atoms with van der Waals surface area (Å²) in [6, 6.07) is 4.00. The Balaban J connectivity index is 1.04. The van der Waals surface area contributed by atoms with Gasteiger partial charge >= 0.3 is 6.01 Å². The number of amides is 1. The fourth-order valence-electron chi connectivity index (χ4n) is 8.60. The van der Waals surface area contributed by atoms with E-state index in [-0.39, 0.29) is 40.6 Å². The van der Waals surface area contributed by atoms with E-state index in [1.165, 1.54) is 12.4 Å². The van der Waals surface area contributed by atoms with Crippen LogP contribution in [0.25, 0.3) is 11.1 Å². The maximum Gasteiger partial charge on any atom is 0.316 e. The largest absolute Gasteiger partial charge is 0.460 e. The summed E-state index contributed by atoms with van der Waals surface area (Å²) in [5, 5.41) is 28.1. The lowest BCUT2D eigenvalue weighted by atomic mass is 9.58. The molecule has 3 aromatic heterocycles. The van der Waals surface area contributed by atoms with Gasteiger partial charge in [-0.3, -0.25) is 14.2 Å². The number of carbonyl (C=O) groups excluding carboxylic acids is 1. The number of fused-ring (bicyclic) bond motifs is 2. The van der Waals surface area contributed by atoms with Crippen molar-refractivity contribution in [3.8, 4) is 17.1 Å². The number of aliphatic hydroxyl groups excluding tert-OH is 1. The molecule has 8 rings (SSSR count). The molecule has 2 fully saturated rings. The van der Waals surface area contributed by atoms with E-state index in [1.807, 2.05) is 11.0 Å². The summed E-state index contributed by atoms with van der Waals surface area (Å²) in [7, 11) is 1.78. The van der Waals surface area contributed by atoms with Gasteiger partial charge in [0.05, 0.1) is 18.8 Å². The summed E-state index contributed by atoms with van der Waals surface area (Å²) >= 11 is 0. The molecular weight excluding hydrogens is 646 g/mol. The Morgan fingerprint density at radius 1 is 1.06 bits per heavy atom. The highest BCUT2D eigenvalue weighted by molar-refractivity contribution is 5.78. The minimum Gasteiger partial charge on any atom is -0.460 e. The van der Waals surface area contributed by atoms with Crippen LogP contribution in [0, 0.1) is 5.41 Å². The number of aryl methyl sites for hydroxylation is 2. The zero-order chi connectivity index (χ0) is 34.7. The molecule has 0 unspecified atom stereocenters. The average molecular weight is 689 g/mol. The molecule has 2 saturated carbocycles. The Kier molecular flexibility index (Phi) is 8.33. The van der Waals surface area contributed by atoms with Gasteiger partial charge in [0.2, 0.25) is 5.91 Å². The van der Waals surface area contributed by atoms with E-state index in [1.54, 1.807) is 37.1 Å². The van der Waals surface area contributed by atoms with Crippen LogP contribution in [0.4, 0.5) is 20.3 Å². The molecule has 5 heterocycles. The first-order valence-electron chi connectivity index (χ1n) is 17.5. The topological polar surface area (TPSA) is 135 Å². The standard InChI is InChI=1S/C36H42F2N8O4/c1-21(47)44-11-7-30-29(20-44)33(45-10-3-4-22-12-27(24-18-41-43(2)19-24)28(32(37)38)13-31(22)45)42-46(30)25-5-8-36(9-6-25)14-26(15-36)50-35-39-16-23(17-40-35)34(48)49/h12-13,16-19,25-26,32,34,48-49H,3-11,14-15,20H2,1-2H3. The first-order chi connectivity index (χ1) is 24.1. The molecule has 0 saturated heterocycles. The summed E-state index contributed by atoms with van der Waals surface area (Å²) in [5.41, 5.74) is 5.53. The van der Waals surface area contributed by atoms with Crippen molar-refractivity contribution in [3.63, 3.8) is 0 Å². The highest BCUT2D eigenvalue weighted by Gasteiger charge is 2.48. The van der Waals surface area contributed by atoms with Gasteiger partial charge in [-0.05, 0) is 80.0 Å². The smallest absolute Gasteiger partial charge is 0.316 e. The van der Waals surface area contributed by atoms with E-state index >= 15 is 0 Å². The van der Waals surface area contributed by atoms with E-state index in [2.05, 4.69) is 24.6 Å². The third-order valence-electron chi connectivity index (χ3n) is 11.3. The van der Waals surface area contributed by atoms with Crippen LogP contribution in [-0.2, 0) is 31.2 Å². The van der Waals surface area contributed by atoms with Crippen molar-refractivity contribution < 1.29 is 28.5 Å². The number of halogens is 2. The van der Waals surface area contributed by atoms with Crippen molar-refractivity contribution in [3.05, 3.63) is 64.9 Å². The van der Waals surface area contributed by atoms with Crippen molar-refractivity contribution in [2.75, 3.05) is 18.0 Å². The molecule has 264 valence electrons. The number of aliphatic hydroxyl groups is 2. The third kappa shape index (κ3) is 5.91. The molecule has 50 heavy (non-hydrogen) atoms. The van der Waals surface area contributed by atoms with Gasteiger partial charge in [-0.2, -0.15) is 10.2 Å². The minimum atomic E-state index is -2.65. The molecule has 4 aromatic rings. The summed E-state index contributed by atoms with van der Waals surface area (Å²) < 4.78 is 39.0. The SMILES string of the molecule is CC(=O)N1CCc2c(c(N3CCCc4cc(-c5cnn(C)c5)c(C(F)F)cc43)nn2C2CCC3(CC2)CC(Oc2ncc(C(O)O)cn2)C3)C1. The van der Waals surface area contributed by atoms with Crippen LogP contribution in [0.15, 0.2) is 36.9 Å². The molecule has 1 spiro atoms. The Morgan fingerprint density at radius 2 is 1.82 bits per heavy atom. The normalized spacial score (nSPS) is 23.3. The lowest BCUT2D eigenvalue weighted by molar-refractivity contribution is -0.129. The number of alkyl halides is 2. The van der Waals surface area contributed by atoms with Gasteiger partial charge in [-0.1, -0.05) is 0 Å². The predicted octanol–water partition coefficient (Wildman–Crippen LogP) is 5.33. The molecule has 2 aliphatic heterocycles. The van der Waals surface area contributed by atoms with Crippen LogP contribution >= 0.6 is 0 Å². The highest BCUT2D eigenvalue weighted by atomic mass is 19.3. The van der Waals surface area contributed by atoms with Crippen LogP contribution in [0.5, 0.6) is 6.01 Å². The number of carbonyl (C=O) groups is 1. The van der Waals surface area contributed by atoms with E-state index in [0.29, 0.717) is 37.2 Å². The predicted molar refractivity (Wildman–Crippen MR) is 179 cm³/mol. The second-order valence-electron chi connectivity index (χ2n) is 14.5. The highest BCUT2D eigenvalue weighted by Crippen LogP contribution is 2.55. The molecule has 0 bridgehead atoms. The Morgan fingerprint density at radius 3 is 2.48 bits per heavy atom. The maximum atomic E-state index is 14.6. The number of rotatable bonds is 7. The van der Waals surface area contributed by atoms with Crippen LogP contribution in [0.1, 0.15) is 98.6 Å². The molecule has 4 aliphatic rings. The van der Waals surface area contributed by atoms with Crippen LogP contribution < -0.4 is 9.64 Å². The Labute approximate surface area is 288 Å². The van der Waals surface area contributed by atoms with E-state index in [0.717, 1.165) is 79.7 Å². The van der Waals surface area contributed by atoms with Gasteiger partial charge in [0.25, 0.3) is 6.43 Å². The number of nitrogens with zero attached hydrogens (tertiary/aromatic N) is 8. The fraction of sp³-hybridized carbons (Fsp3) is 0.528. The van der Waals surface area contributed by atoms with Gasteiger partial charge in [0.1, 0.15) is 6.10 Å². The van der Waals surface area contributed by atoms with E-state index in [4.69, 9.17) is 9.84 Å². The molecule has 14 heteroatoms. The van der Waals surface area contributed by atoms with Gasteiger partial charge in [0, 0.05) is 85.7 Å². The molecule has 12 nitrogen and oxygen atoms in total. The zero-order valence-corrected chi connectivity index (χ0v) is 28.3. The van der Waals surface area contributed by atoms with E-state index in [9.17, 15) is 23.8 Å². The van der Waals surface area contributed by atoms with Crippen LogP contribution in [-0.4, -0.2) is 69.7 Å². The molecule has 2 N–H and O–H groups in total. The second-order valence-corrected chi connectivity index (χ2v) is 14.5. The monoisotopic (exact) mass is 688 g/mol. The third-order valence-corrected chi connectivity index (χ3v) is 11.3. The summed E-state index contributed by atoms with van der Waals surface area (Å²) in [5.74, 6) is 0.793. The number of benzene rings is 1. The Hall–Kier alpha value is -4.43. The molecule has 2 aliphatic carbocycles. The average Bonchev–Trinajstić information content (AvgIpc) is 3.70. The fourth-order valence-corrected chi connectivity index (χ4v) is 8.60. The van der Waals surface area contributed by atoms with Crippen molar-refractivity contribution in [2.45, 2.75) is 96.1 Å². The van der Waals surface area contributed by atoms with Crippen molar-refractivity contribution in [1.82, 2.24) is 34.4 Å². The number of ether oxygens (including phenoxy) is 1. The van der Waals surface area contributed by atoms with Crippen molar-refractivity contribution >= 4 is 17.4 Å². The summed E-state index contributed by atoms with van der Waals surface area (Å²) in [6.45, 7) is 3.34. The number of anilines is 2. The molecule has 1 amide bonds. The summed E-state index contributed by atoms with van der Waals surface area (Å²) in [4.78, 5) is 24.8. The maximum absolute atomic E-state index is 14.6. The van der Waals surface area contributed by atoms with Gasteiger partial charge in [0.15, 0.2) is 12.1 Å². The molecular formula is C36H42F2N8O4.